The smallest absolute Gasteiger partial charge is 0.193 e. The Morgan fingerprint density at radius 3 is 1.88 bits per heavy atom. The van der Waals surface area contributed by atoms with Crippen LogP contribution in [0.4, 0.5) is 0 Å². The quantitative estimate of drug-likeness (QED) is 0.384. The van der Waals surface area contributed by atoms with Crippen LogP contribution in [-0.2, 0) is 12.8 Å². The normalized spacial score (nSPS) is 14.4. The molecule has 0 aliphatic heterocycles. The van der Waals surface area contributed by atoms with E-state index in [9.17, 15) is 9.59 Å². The molecule has 5 rings (SSSR count). The Morgan fingerprint density at radius 1 is 0.600 bits per heavy atom. The molecule has 3 aromatic carbocycles. The molecule has 3 heteroatoms. The van der Waals surface area contributed by atoms with Crippen LogP contribution in [0, 0.1) is 0 Å². The van der Waals surface area contributed by atoms with E-state index in [4.69, 9.17) is 0 Å². The van der Waals surface area contributed by atoms with Gasteiger partial charge in [0.05, 0.1) is 0 Å². The number of carbonyl (C=O) groups excluding carboxylic acids is 2. The molecule has 0 saturated carbocycles. The lowest BCUT2D eigenvalue weighted by molar-refractivity contribution is 0.102. The predicted molar refractivity (Wildman–Crippen MR) is 99.5 cm³/mol. The monoisotopic (exact) mass is 388 g/mol. The van der Waals surface area contributed by atoms with Gasteiger partial charge in [0.15, 0.2) is 11.6 Å². The van der Waals surface area contributed by atoms with Crippen molar-refractivity contribution in [1.82, 2.24) is 0 Å². The van der Waals surface area contributed by atoms with Gasteiger partial charge in [-0.05, 0) is 59.4 Å². The first-order valence-corrected chi connectivity index (χ1v) is 9.02. The number of hydrogen-bond acceptors (Lipinski definition) is 2. The van der Waals surface area contributed by atoms with Crippen LogP contribution in [0.1, 0.15) is 54.1 Å². The molecule has 2 aliphatic rings. The maximum atomic E-state index is 13.0. The highest BCUT2D eigenvalue weighted by Gasteiger charge is 2.29. The van der Waals surface area contributed by atoms with E-state index in [2.05, 4.69) is 15.9 Å². The largest absolute Gasteiger partial charge is 0.289 e. The number of rotatable bonds is 0. The maximum absolute atomic E-state index is 13.0. The molecule has 0 fully saturated rings. The van der Waals surface area contributed by atoms with Gasteiger partial charge in [0.1, 0.15) is 0 Å². The number of ketones is 2. The van der Waals surface area contributed by atoms with Gasteiger partial charge < -0.3 is 0 Å². The molecule has 3 aromatic rings. The Bertz CT molecular complexity index is 1100. The topological polar surface area (TPSA) is 34.1 Å². The standard InChI is InChI=1S/C22H13BrO2/c23-16-6-5-13-8-15-9-18-14(10-19(15)22(25)20(13)11-16)7-12-3-1-2-4-17(12)21(18)24/h1-6,9-11H,7-8H2. The predicted octanol–water partition coefficient (Wildman–Crippen LogP) is 4.72. The number of fused-ring (bicyclic) bond motifs is 4. The van der Waals surface area contributed by atoms with Gasteiger partial charge in [-0.3, -0.25) is 9.59 Å². The van der Waals surface area contributed by atoms with Gasteiger partial charge in [-0.2, -0.15) is 0 Å². The van der Waals surface area contributed by atoms with Crippen molar-refractivity contribution in [2.24, 2.45) is 0 Å². The van der Waals surface area contributed by atoms with E-state index < -0.39 is 0 Å². The van der Waals surface area contributed by atoms with Crippen LogP contribution < -0.4 is 0 Å². The van der Waals surface area contributed by atoms with Crippen molar-refractivity contribution in [3.05, 3.63) is 104 Å². The molecule has 2 aliphatic carbocycles. The molecule has 0 saturated heterocycles. The molecular weight excluding hydrogens is 376 g/mol. The van der Waals surface area contributed by atoms with Crippen molar-refractivity contribution in [2.45, 2.75) is 12.8 Å². The van der Waals surface area contributed by atoms with Crippen molar-refractivity contribution in [1.29, 1.82) is 0 Å². The third-order valence-electron chi connectivity index (χ3n) is 5.16. The van der Waals surface area contributed by atoms with Crippen molar-refractivity contribution in [2.75, 3.05) is 0 Å². The van der Waals surface area contributed by atoms with E-state index in [1.54, 1.807) is 0 Å². The van der Waals surface area contributed by atoms with Crippen LogP contribution in [0.5, 0.6) is 0 Å². The number of halogens is 1. The van der Waals surface area contributed by atoms with Crippen molar-refractivity contribution in [3.8, 4) is 0 Å². The summed E-state index contributed by atoms with van der Waals surface area (Å²) in [6.45, 7) is 0. The first-order valence-electron chi connectivity index (χ1n) is 8.23. The summed E-state index contributed by atoms with van der Waals surface area (Å²) in [6, 6.07) is 17.4. The molecular formula is C22H13BrO2. The minimum atomic E-state index is 0.0478. The van der Waals surface area contributed by atoms with Gasteiger partial charge in [0, 0.05) is 26.7 Å². The summed E-state index contributed by atoms with van der Waals surface area (Å²) in [5, 5.41) is 0. The Kier molecular flexibility index (Phi) is 3.10. The van der Waals surface area contributed by atoms with Crippen LogP contribution in [-0.4, -0.2) is 11.6 Å². The summed E-state index contributed by atoms with van der Waals surface area (Å²) >= 11 is 3.45. The Hall–Kier alpha value is -2.52. The van der Waals surface area contributed by atoms with Crippen LogP contribution in [0.15, 0.2) is 59.1 Å². The van der Waals surface area contributed by atoms with Gasteiger partial charge >= 0.3 is 0 Å². The molecule has 2 nitrogen and oxygen atoms in total. The molecule has 0 amide bonds. The zero-order valence-corrected chi connectivity index (χ0v) is 14.9. The SMILES string of the molecule is O=C1c2ccccc2Cc2cc3c(cc21)Cc1ccc(Br)cc1C3=O. The van der Waals surface area contributed by atoms with Gasteiger partial charge in [-0.1, -0.05) is 46.3 Å². The van der Waals surface area contributed by atoms with Gasteiger partial charge in [0.2, 0.25) is 0 Å². The van der Waals surface area contributed by atoms with E-state index in [0.29, 0.717) is 12.8 Å². The second-order valence-corrected chi connectivity index (χ2v) is 7.55. The highest BCUT2D eigenvalue weighted by atomic mass is 79.9. The van der Waals surface area contributed by atoms with E-state index in [-0.39, 0.29) is 11.6 Å². The molecule has 0 aromatic heterocycles. The Balaban J connectivity index is 1.68. The van der Waals surface area contributed by atoms with Crippen LogP contribution in [0.25, 0.3) is 0 Å². The van der Waals surface area contributed by atoms with Crippen LogP contribution in [0.3, 0.4) is 0 Å². The summed E-state index contributed by atoms with van der Waals surface area (Å²) in [5.74, 6) is 0.111. The highest BCUT2D eigenvalue weighted by Crippen LogP contribution is 2.34. The fourth-order valence-corrected chi connectivity index (χ4v) is 4.28. The van der Waals surface area contributed by atoms with Gasteiger partial charge in [-0.25, -0.2) is 0 Å². The zero-order chi connectivity index (χ0) is 17.1. The van der Waals surface area contributed by atoms with Crippen molar-refractivity contribution >= 4 is 27.5 Å². The number of hydrogen-bond donors (Lipinski definition) is 0. The summed E-state index contributed by atoms with van der Waals surface area (Å²) in [7, 11) is 0. The fourth-order valence-electron chi connectivity index (χ4n) is 3.92. The van der Waals surface area contributed by atoms with Crippen molar-refractivity contribution in [3.63, 3.8) is 0 Å². The molecule has 0 atom stereocenters. The molecule has 25 heavy (non-hydrogen) atoms. The van der Waals surface area contributed by atoms with Gasteiger partial charge in [-0.15, -0.1) is 0 Å². The highest BCUT2D eigenvalue weighted by molar-refractivity contribution is 9.10. The average molecular weight is 389 g/mol. The Labute approximate surface area is 153 Å². The Morgan fingerprint density at radius 2 is 1.16 bits per heavy atom. The second kappa shape index (κ2) is 5.24. The summed E-state index contributed by atoms with van der Waals surface area (Å²) in [4.78, 5) is 25.8. The molecule has 0 radical (unpaired) electrons. The molecule has 0 heterocycles. The molecule has 0 bridgehead atoms. The second-order valence-electron chi connectivity index (χ2n) is 6.64. The maximum Gasteiger partial charge on any atom is 0.193 e. The first-order chi connectivity index (χ1) is 12.1. The number of carbonyl (C=O) groups is 2. The molecule has 0 unspecified atom stereocenters. The van der Waals surface area contributed by atoms with Crippen LogP contribution >= 0.6 is 15.9 Å². The minimum absolute atomic E-state index is 0.0478. The number of benzene rings is 3. The summed E-state index contributed by atoms with van der Waals surface area (Å²) in [5.41, 5.74) is 6.96. The van der Waals surface area contributed by atoms with E-state index in [0.717, 1.165) is 49.0 Å². The molecule has 0 N–H and O–H groups in total. The van der Waals surface area contributed by atoms with Crippen molar-refractivity contribution < 1.29 is 9.59 Å². The third kappa shape index (κ3) is 2.16. The van der Waals surface area contributed by atoms with Gasteiger partial charge in [0.25, 0.3) is 0 Å². The average Bonchev–Trinajstić information content (AvgIpc) is 2.62. The fraction of sp³-hybridized carbons (Fsp3) is 0.0909. The lowest BCUT2D eigenvalue weighted by atomic mass is 9.78. The van der Waals surface area contributed by atoms with E-state index in [1.165, 1.54) is 0 Å². The zero-order valence-electron chi connectivity index (χ0n) is 13.3. The molecule has 120 valence electrons. The summed E-state index contributed by atoms with van der Waals surface area (Å²) in [6.07, 6.45) is 1.38. The lowest BCUT2D eigenvalue weighted by Crippen LogP contribution is -2.20. The van der Waals surface area contributed by atoms with Crippen LogP contribution in [0.2, 0.25) is 0 Å². The first kappa shape index (κ1) is 14.8. The lowest BCUT2D eigenvalue weighted by Gasteiger charge is -2.24. The van der Waals surface area contributed by atoms with E-state index >= 15 is 0 Å². The minimum Gasteiger partial charge on any atom is -0.289 e. The summed E-state index contributed by atoms with van der Waals surface area (Å²) < 4.78 is 0.908. The molecule has 0 spiro atoms. The third-order valence-corrected chi connectivity index (χ3v) is 5.65. The van der Waals surface area contributed by atoms with E-state index in [1.807, 2.05) is 54.6 Å².